The largest absolute Gasteiger partial charge is 0.0622 e. The zero-order chi connectivity index (χ0) is 29.8. The van der Waals surface area contributed by atoms with E-state index in [0.29, 0.717) is 0 Å². The molecule has 0 radical (unpaired) electrons. The molecule has 0 spiro atoms. The molecule has 0 fully saturated rings. The molecule has 0 amide bonds. The number of nitroso groups, excluding NO2 is 1. The Bertz CT molecular complexity index is 1210. The smallest absolute Gasteiger partial charge is 0.0134 e. The van der Waals surface area contributed by atoms with Crippen LogP contribution in [0.25, 0.3) is 5.59 Å². The van der Waals surface area contributed by atoms with Crippen molar-refractivity contribution < 1.29 is 13.7 Å². The Balaban J connectivity index is 0.000000206. The topological polar surface area (TPSA) is 39.4 Å². The first-order valence-corrected chi connectivity index (χ1v) is 18.2. The predicted molar refractivity (Wildman–Crippen MR) is 186 cm³/mol. The minimum Gasteiger partial charge on any atom is -0.0622 e. The minimum absolute atomic E-state index is 0.446. The molecule has 42 heavy (non-hydrogen) atoms. The van der Waals surface area contributed by atoms with E-state index >= 15 is 0 Å². The summed E-state index contributed by atoms with van der Waals surface area (Å²) in [6.45, 7) is 0. The zero-order valence-electron chi connectivity index (χ0n) is 22.8. The van der Waals surface area contributed by atoms with Crippen molar-refractivity contribution in [1.82, 2.24) is 0 Å². The Labute approximate surface area is 266 Å². The summed E-state index contributed by atoms with van der Waals surface area (Å²) >= 11 is 6.25. The first-order chi connectivity index (χ1) is 20.9. The van der Waals surface area contributed by atoms with Crippen LogP contribution in [0.5, 0.6) is 0 Å². The molecule has 0 aliphatic carbocycles. The van der Waals surface area contributed by atoms with Crippen molar-refractivity contribution >= 4 is 61.9 Å². The summed E-state index contributed by atoms with van der Waals surface area (Å²) in [6.07, 6.45) is 0. The van der Waals surface area contributed by atoms with Crippen molar-refractivity contribution in [2.24, 2.45) is 0 Å². The third-order valence-electron chi connectivity index (χ3n) is 6.09. The van der Waals surface area contributed by atoms with Crippen LogP contribution < -0.4 is 31.8 Å². The number of nitrogens with zero attached hydrogens (tertiary/aromatic N) is 1. The molecule has 0 unspecified atom stereocenters. The van der Waals surface area contributed by atoms with Crippen LogP contribution in [-0.2, 0) is 13.7 Å². The predicted octanol–water partition coefficient (Wildman–Crippen LogP) is 8.05. The van der Waals surface area contributed by atoms with Crippen LogP contribution in [0.1, 0.15) is 0 Å². The van der Waals surface area contributed by atoms with E-state index in [1.54, 1.807) is 0 Å². The molecule has 0 atom stereocenters. The number of benzene rings is 6. The normalized spacial score (nSPS) is 9.83. The molecule has 0 saturated heterocycles. The number of hydrogen-bond acceptors (Lipinski definition) is 1. The van der Waals surface area contributed by atoms with Gasteiger partial charge in [-0.15, -0.1) is 0 Å². The van der Waals surface area contributed by atoms with Gasteiger partial charge in [-0.25, -0.2) is 0 Å². The first kappa shape index (κ1) is 33.3. The molecule has 0 aromatic heterocycles. The Kier molecular flexibility index (Phi) is 15.7. The Morgan fingerprint density at radius 1 is 0.310 bits per heavy atom. The van der Waals surface area contributed by atoms with Crippen LogP contribution >= 0.6 is 30.1 Å². The second kappa shape index (κ2) is 19.8. The first-order valence-electron chi connectivity index (χ1n) is 13.1. The molecule has 0 N–H and O–H groups in total. The standard InChI is InChI=1S/2C18H15P.BrH.NO.Ni/c2*1-4-10-16(11-5-1)19(17-12-6-2-7-13-17)18-14-8-3-9-15-18;;1-2;/h2*1-15H;1H;;/q;;;-1;+1/p-1. The van der Waals surface area contributed by atoms with E-state index in [-0.39, 0.29) is 0 Å². The molecule has 0 bridgehead atoms. The molecular weight excluding hydrogens is 663 g/mol. The average Bonchev–Trinajstić information content (AvgIpc) is 3.10. The van der Waals surface area contributed by atoms with Crippen molar-refractivity contribution in [1.29, 1.82) is 0 Å². The van der Waals surface area contributed by atoms with Crippen LogP contribution in [0.15, 0.2) is 182 Å². The minimum atomic E-state index is -0.446. The van der Waals surface area contributed by atoms with E-state index in [0.717, 1.165) is 0 Å². The number of rotatable bonds is 6. The summed E-state index contributed by atoms with van der Waals surface area (Å²) in [4.78, 5) is 7.25. The molecule has 0 heterocycles. The second-order valence-electron chi connectivity index (χ2n) is 8.68. The van der Waals surface area contributed by atoms with Gasteiger partial charge < -0.3 is 10.5 Å². The Hall–Kier alpha value is -3.25. The van der Waals surface area contributed by atoms with Gasteiger partial charge in [0.25, 0.3) is 0 Å². The van der Waals surface area contributed by atoms with E-state index in [1.165, 1.54) is 31.8 Å². The quantitative estimate of drug-likeness (QED) is 0.129. The molecule has 0 aliphatic rings. The summed E-state index contributed by atoms with van der Waals surface area (Å²) < 4.78 is 0. The van der Waals surface area contributed by atoms with E-state index in [9.17, 15) is 0 Å². The fourth-order valence-electron chi connectivity index (χ4n) is 4.36. The van der Waals surface area contributed by atoms with Gasteiger partial charge in [-0.3, -0.25) is 0 Å². The third-order valence-corrected chi connectivity index (χ3v) is 11.0. The van der Waals surface area contributed by atoms with Gasteiger partial charge in [0.05, 0.1) is 0 Å². The van der Waals surface area contributed by atoms with Crippen LogP contribution in [0, 0.1) is 4.91 Å². The fraction of sp³-hybridized carbons (Fsp3) is 0. The molecule has 6 aromatic carbocycles. The second-order valence-corrected chi connectivity index (χ2v) is 13.1. The maximum absolute atomic E-state index is 7.25. The van der Waals surface area contributed by atoms with E-state index in [4.69, 9.17) is 10.5 Å². The summed E-state index contributed by atoms with van der Waals surface area (Å²) in [7, 11) is -0.892. The molecule has 213 valence electrons. The summed E-state index contributed by atoms with van der Waals surface area (Å²) in [5, 5.41) is 8.39. The SMILES string of the molecule is [N-]=O.[Ni][Br].c1ccc(P(c2ccccc2)c2ccccc2)cc1.c1ccc(P(c2ccccc2)c2ccccc2)cc1. The summed E-state index contributed by atoms with van der Waals surface area (Å²) in [5.41, 5.74) is 5.75. The van der Waals surface area contributed by atoms with Gasteiger partial charge in [0, 0.05) is 0 Å². The molecule has 6 heteroatoms. The van der Waals surface area contributed by atoms with Gasteiger partial charge in [0.15, 0.2) is 0 Å². The van der Waals surface area contributed by atoms with Crippen LogP contribution in [0.4, 0.5) is 0 Å². The molecule has 0 aliphatic heterocycles. The van der Waals surface area contributed by atoms with Gasteiger partial charge >= 0.3 is 27.9 Å². The maximum Gasteiger partial charge on any atom is -0.0134 e. The van der Waals surface area contributed by atoms with Crippen molar-refractivity contribution in [3.63, 3.8) is 0 Å². The van der Waals surface area contributed by atoms with Crippen LogP contribution in [0.3, 0.4) is 0 Å². The van der Waals surface area contributed by atoms with Crippen molar-refractivity contribution in [3.05, 3.63) is 192 Å². The average molecular weight is 693 g/mol. The molecular formula is C36H30BrNNiOP2-. The molecule has 6 rings (SSSR count). The molecule has 2 nitrogen and oxygen atoms in total. The Morgan fingerprint density at radius 3 is 0.548 bits per heavy atom. The fourth-order valence-corrected chi connectivity index (χ4v) is 8.97. The van der Waals surface area contributed by atoms with E-state index in [1.807, 2.05) is 0 Å². The maximum atomic E-state index is 7.25. The van der Waals surface area contributed by atoms with Crippen molar-refractivity contribution in [2.45, 2.75) is 0 Å². The van der Waals surface area contributed by atoms with Gasteiger partial charge in [0.1, 0.15) is 0 Å². The molecule has 6 aromatic rings. The molecule has 0 saturated carbocycles. The summed E-state index contributed by atoms with van der Waals surface area (Å²) in [5.74, 6) is 0. The number of hydrogen-bond donors (Lipinski definition) is 0. The van der Waals surface area contributed by atoms with Crippen molar-refractivity contribution in [2.75, 3.05) is 0 Å². The van der Waals surface area contributed by atoms with Crippen LogP contribution in [-0.4, -0.2) is 0 Å². The van der Waals surface area contributed by atoms with Gasteiger partial charge in [0.2, 0.25) is 0 Å². The van der Waals surface area contributed by atoms with Crippen molar-refractivity contribution in [3.8, 4) is 0 Å². The van der Waals surface area contributed by atoms with Gasteiger partial charge in [-0.1, -0.05) is 182 Å². The third kappa shape index (κ3) is 9.94. The number of halogens is 1. The van der Waals surface area contributed by atoms with Gasteiger partial charge in [-0.05, 0) is 47.7 Å². The van der Waals surface area contributed by atoms with Crippen LogP contribution in [0.2, 0.25) is 0 Å². The zero-order valence-corrected chi connectivity index (χ0v) is 27.1. The van der Waals surface area contributed by atoms with E-state index < -0.39 is 15.8 Å². The Morgan fingerprint density at radius 2 is 0.429 bits per heavy atom. The monoisotopic (exact) mass is 691 g/mol. The van der Waals surface area contributed by atoms with E-state index in [2.05, 4.69) is 210 Å². The summed E-state index contributed by atoms with van der Waals surface area (Å²) in [6, 6.07) is 64.7. The van der Waals surface area contributed by atoms with Gasteiger partial charge in [-0.2, -0.15) is 0 Å².